The highest BCUT2D eigenvalue weighted by molar-refractivity contribution is 5.93. The van der Waals surface area contributed by atoms with Crippen molar-refractivity contribution in [3.05, 3.63) is 64.6 Å². The van der Waals surface area contributed by atoms with Gasteiger partial charge in [-0.05, 0) is 46.5 Å². The Kier molecular flexibility index (Phi) is 4.67. The third kappa shape index (κ3) is 3.29. The Labute approximate surface area is 165 Å². The van der Waals surface area contributed by atoms with E-state index in [1.54, 1.807) is 10.6 Å². The van der Waals surface area contributed by atoms with Crippen LogP contribution in [0.4, 0.5) is 0 Å². The SMILES string of the molecule is Cc1ccc([C@@H]2CN(C(=O)c3cc4nc(C)cc(C)n4n3)C[C@H]2N(C)C)cc1. The molecule has 1 fully saturated rings. The number of likely N-dealkylation sites (N-methyl/N-ethyl adjacent to an activating group) is 1. The number of carbonyl (C=O) groups excluding carboxylic acids is 1. The molecule has 3 aromatic rings. The summed E-state index contributed by atoms with van der Waals surface area (Å²) in [6, 6.07) is 12.7. The summed E-state index contributed by atoms with van der Waals surface area (Å²) in [5, 5.41) is 4.53. The minimum Gasteiger partial charge on any atom is -0.335 e. The molecule has 0 aliphatic carbocycles. The molecule has 1 amide bonds. The zero-order chi connectivity index (χ0) is 20.0. The Hall–Kier alpha value is -2.73. The largest absolute Gasteiger partial charge is 0.335 e. The van der Waals surface area contributed by atoms with E-state index in [4.69, 9.17) is 0 Å². The number of fused-ring (bicyclic) bond motifs is 1. The van der Waals surface area contributed by atoms with Crippen LogP contribution in [0.3, 0.4) is 0 Å². The summed E-state index contributed by atoms with van der Waals surface area (Å²) < 4.78 is 1.75. The normalized spacial score (nSPS) is 19.7. The number of benzene rings is 1. The Morgan fingerprint density at radius 3 is 2.46 bits per heavy atom. The zero-order valence-corrected chi connectivity index (χ0v) is 17.2. The van der Waals surface area contributed by atoms with Gasteiger partial charge >= 0.3 is 0 Å². The molecule has 1 saturated heterocycles. The first-order valence-corrected chi connectivity index (χ1v) is 9.70. The summed E-state index contributed by atoms with van der Waals surface area (Å²) in [6.45, 7) is 7.43. The van der Waals surface area contributed by atoms with E-state index in [0.717, 1.165) is 17.0 Å². The lowest BCUT2D eigenvalue weighted by Crippen LogP contribution is -2.36. The van der Waals surface area contributed by atoms with Crippen molar-refractivity contribution in [3.63, 3.8) is 0 Å². The van der Waals surface area contributed by atoms with Crippen molar-refractivity contribution in [3.8, 4) is 0 Å². The lowest BCUT2D eigenvalue weighted by Gasteiger charge is -2.25. The van der Waals surface area contributed by atoms with Crippen molar-refractivity contribution >= 4 is 11.6 Å². The van der Waals surface area contributed by atoms with Crippen LogP contribution in [0.1, 0.15) is 38.9 Å². The highest BCUT2D eigenvalue weighted by Gasteiger charge is 2.38. The molecule has 6 nitrogen and oxygen atoms in total. The first-order valence-electron chi connectivity index (χ1n) is 9.70. The van der Waals surface area contributed by atoms with Crippen molar-refractivity contribution < 1.29 is 4.79 Å². The highest BCUT2D eigenvalue weighted by Crippen LogP contribution is 2.31. The van der Waals surface area contributed by atoms with Crippen LogP contribution in [-0.4, -0.2) is 63.5 Å². The van der Waals surface area contributed by atoms with Crippen LogP contribution in [0.25, 0.3) is 5.65 Å². The van der Waals surface area contributed by atoms with Crippen molar-refractivity contribution in [1.29, 1.82) is 0 Å². The summed E-state index contributed by atoms with van der Waals surface area (Å²) in [6.07, 6.45) is 0. The van der Waals surface area contributed by atoms with Gasteiger partial charge in [0.2, 0.25) is 0 Å². The van der Waals surface area contributed by atoms with Crippen molar-refractivity contribution in [2.24, 2.45) is 0 Å². The average Bonchev–Trinajstić information content (AvgIpc) is 3.26. The number of carbonyl (C=O) groups is 1. The smallest absolute Gasteiger partial charge is 0.274 e. The van der Waals surface area contributed by atoms with E-state index in [0.29, 0.717) is 24.7 Å². The van der Waals surface area contributed by atoms with Gasteiger partial charge in [-0.3, -0.25) is 4.79 Å². The van der Waals surface area contributed by atoms with Gasteiger partial charge in [0.25, 0.3) is 5.91 Å². The molecule has 0 N–H and O–H groups in total. The maximum atomic E-state index is 13.2. The van der Waals surface area contributed by atoms with Crippen LogP contribution in [0, 0.1) is 20.8 Å². The summed E-state index contributed by atoms with van der Waals surface area (Å²) in [4.78, 5) is 21.9. The number of hydrogen-bond acceptors (Lipinski definition) is 4. The molecule has 0 radical (unpaired) electrons. The molecule has 2 atom stereocenters. The maximum absolute atomic E-state index is 13.2. The molecule has 1 aliphatic heterocycles. The minimum absolute atomic E-state index is 0.0241. The lowest BCUT2D eigenvalue weighted by atomic mass is 9.93. The number of nitrogens with zero attached hydrogens (tertiary/aromatic N) is 5. The van der Waals surface area contributed by atoms with Gasteiger partial charge in [-0.25, -0.2) is 9.50 Å². The Morgan fingerprint density at radius 1 is 1.07 bits per heavy atom. The number of aromatic nitrogens is 3. The van der Waals surface area contributed by atoms with Crippen molar-refractivity contribution in [1.82, 2.24) is 24.4 Å². The van der Waals surface area contributed by atoms with Gasteiger partial charge in [0.1, 0.15) is 0 Å². The molecule has 0 unspecified atom stereocenters. The molecule has 3 heterocycles. The van der Waals surface area contributed by atoms with Crippen LogP contribution in [0.15, 0.2) is 36.4 Å². The van der Waals surface area contributed by atoms with Crippen LogP contribution in [-0.2, 0) is 0 Å². The van der Waals surface area contributed by atoms with E-state index in [-0.39, 0.29) is 11.9 Å². The molecule has 1 aliphatic rings. The van der Waals surface area contributed by atoms with E-state index < -0.39 is 0 Å². The van der Waals surface area contributed by atoms with Crippen LogP contribution < -0.4 is 0 Å². The topological polar surface area (TPSA) is 53.7 Å². The molecule has 2 aromatic heterocycles. The number of hydrogen-bond donors (Lipinski definition) is 0. The fourth-order valence-corrected chi connectivity index (χ4v) is 4.17. The second-order valence-electron chi connectivity index (χ2n) is 8.10. The molecule has 6 heteroatoms. The molecule has 28 heavy (non-hydrogen) atoms. The average molecular weight is 377 g/mol. The number of rotatable bonds is 3. The summed E-state index contributed by atoms with van der Waals surface area (Å²) in [5.74, 6) is 0.266. The Bertz CT molecular complexity index is 1020. The van der Waals surface area contributed by atoms with Gasteiger partial charge in [0.05, 0.1) is 0 Å². The van der Waals surface area contributed by atoms with Gasteiger partial charge in [0.15, 0.2) is 11.3 Å². The first-order chi connectivity index (χ1) is 13.3. The van der Waals surface area contributed by atoms with Crippen LogP contribution in [0.2, 0.25) is 0 Å². The van der Waals surface area contributed by atoms with E-state index in [9.17, 15) is 4.79 Å². The Morgan fingerprint density at radius 2 is 1.79 bits per heavy atom. The number of amides is 1. The summed E-state index contributed by atoms with van der Waals surface area (Å²) >= 11 is 0. The van der Waals surface area contributed by atoms with Crippen molar-refractivity contribution in [2.45, 2.75) is 32.7 Å². The van der Waals surface area contributed by atoms with E-state index in [1.165, 1.54) is 11.1 Å². The van der Waals surface area contributed by atoms with Gasteiger partial charge in [-0.15, -0.1) is 0 Å². The van der Waals surface area contributed by atoms with Gasteiger partial charge in [-0.2, -0.15) is 5.10 Å². The van der Waals surface area contributed by atoms with Gasteiger partial charge < -0.3 is 9.80 Å². The van der Waals surface area contributed by atoms with Crippen molar-refractivity contribution in [2.75, 3.05) is 27.2 Å². The third-order valence-electron chi connectivity index (χ3n) is 5.70. The molecule has 4 rings (SSSR count). The molecule has 1 aromatic carbocycles. The quantitative estimate of drug-likeness (QED) is 0.704. The lowest BCUT2D eigenvalue weighted by molar-refractivity contribution is 0.0776. The predicted octanol–water partition coefficient (Wildman–Crippen LogP) is 2.82. The van der Waals surface area contributed by atoms with Crippen LogP contribution in [0.5, 0.6) is 0 Å². The summed E-state index contributed by atoms with van der Waals surface area (Å²) in [7, 11) is 4.17. The highest BCUT2D eigenvalue weighted by atomic mass is 16.2. The fourth-order valence-electron chi connectivity index (χ4n) is 4.17. The van der Waals surface area contributed by atoms with Gasteiger partial charge in [-0.1, -0.05) is 29.8 Å². The van der Waals surface area contributed by atoms with E-state index >= 15 is 0 Å². The molecule has 0 bridgehead atoms. The van der Waals surface area contributed by atoms with Crippen LogP contribution >= 0.6 is 0 Å². The first kappa shape index (κ1) is 18.6. The number of likely N-dealkylation sites (tertiary alicyclic amines) is 1. The molecular weight excluding hydrogens is 350 g/mol. The maximum Gasteiger partial charge on any atom is 0.274 e. The monoisotopic (exact) mass is 377 g/mol. The Balaban J connectivity index is 1.63. The second kappa shape index (κ2) is 7.02. The van der Waals surface area contributed by atoms with Gasteiger partial charge in [0, 0.05) is 42.5 Å². The standard InChI is InChI=1S/C22H27N5O/c1-14-6-8-17(9-7-14)18-12-26(13-20(18)25(4)5)22(28)19-11-21-23-15(2)10-16(3)27(21)24-19/h6-11,18,20H,12-13H2,1-5H3/t18-,20+/m0/s1. The minimum atomic E-state index is -0.0241. The fraction of sp³-hybridized carbons (Fsp3) is 0.409. The molecule has 0 saturated carbocycles. The molecular formula is C22H27N5O. The number of aryl methyl sites for hydroxylation is 3. The third-order valence-corrected chi connectivity index (χ3v) is 5.70. The van der Waals surface area contributed by atoms with E-state index in [2.05, 4.69) is 60.3 Å². The predicted molar refractivity (Wildman–Crippen MR) is 110 cm³/mol. The molecule has 146 valence electrons. The zero-order valence-electron chi connectivity index (χ0n) is 17.2. The summed E-state index contributed by atoms with van der Waals surface area (Å²) in [5.41, 5.74) is 5.62. The molecule has 0 spiro atoms. The second-order valence-corrected chi connectivity index (χ2v) is 8.10. The van der Waals surface area contributed by atoms with E-state index in [1.807, 2.05) is 24.8 Å².